The maximum atomic E-state index is 7.25. The second kappa shape index (κ2) is 12.4. The lowest BCUT2D eigenvalue weighted by Crippen LogP contribution is -2.38. The summed E-state index contributed by atoms with van der Waals surface area (Å²) in [6.45, 7) is 13.4. The molecule has 0 saturated heterocycles. The summed E-state index contributed by atoms with van der Waals surface area (Å²) >= 11 is 0. The molecule has 0 atom stereocenters. The third kappa shape index (κ3) is 12.3. The number of nitrogens with zero attached hydrogens (tertiary/aromatic N) is 4. The van der Waals surface area contributed by atoms with Gasteiger partial charge in [0.2, 0.25) is 0 Å². The Morgan fingerprint density at radius 1 is 0.433 bits per heavy atom. The Balaban J connectivity index is -0.000000211. The van der Waals surface area contributed by atoms with Crippen LogP contribution in [0, 0.1) is 21.6 Å². The van der Waals surface area contributed by atoms with E-state index in [9.17, 15) is 0 Å². The fraction of sp³-hybridized carbons (Fsp3) is 0.750. The van der Waals surface area contributed by atoms with E-state index in [4.69, 9.17) is 44.6 Å². The van der Waals surface area contributed by atoms with Crippen molar-refractivity contribution in [2.75, 3.05) is 0 Å². The molecule has 0 unspecified atom stereocenters. The summed E-state index contributed by atoms with van der Waals surface area (Å²) in [4.78, 5) is 0. The van der Waals surface area contributed by atoms with Crippen molar-refractivity contribution >= 4 is 48.2 Å². The lowest BCUT2D eigenvalue weighted by atomic mass is 10.1. The van der Waals surface area contributed by atoms with Gasteiger partial charge >= 0.3 is 0 Å². The minimum Gasteiger partial charge on any atom is -0.386 e. The minimum absolute atomic E-state index is 0. The molecule has 12 nitrogen and oxygen atoms in total. The monoisotopic (exact) mass is 468 g/mol. The van der Waals surface area contributed by atoms with Crippen LogP contribution in [0.4, 0.5) is 0 Å². The second-order valence-corrected chi connectivity index (χ2v) is 8.29. The van der Waals surface area contributed by atoms with Crippen LogP contribution in [-0.2, 0) is 0 Å². The van der Waals surface area contributed by atoms with Gasteiger partial charge in [0.05, 0.1) is 0 Å². The Hall–Kier alpha value is -2.34. The minimum atomic E-state index is -0.841. The van der Waals surface area contributed by atoms with Crippen LogP contribution >= 0.6 is 24.8 Å². The lowest BCUT2D eigenvalue weighted by molar-refractivity contribution is 0.557. The Morgan fingerprint density at radius 2 is 0.533 bits per heavy atom. The zero-order valence-electron chi connectivity index (χ0n) is 18.9. The van der Waals surface area contributed by atoms with Gasteiger partial charge in [0.15, 0.2) is 0 Å². The van der Waals surface area contributed by atoms with E-state index >= 15 is 0 Å². The molecule has 0 rings (SSSR count). The normalized spacial score (nSPS) is 12.3. The highest BCUT2D eigenvalue weighted by Gasteiger charge is 2.26. The van der Waals surface area contributed by atoms with Gasteiger partial charge in [-0.05, 0) is 55.4 Å². The largest absolute Gasteiger partial charge is 0.386 e. The van der Waals surface area contributed by atoms with Crippen LogP contribution in [0.25, 0.3) is 0 Å². The Bertz CT molecular complexity index is 564. The average Bonchev–Trinajstić information content (AvgIpc) is 2.51. The molecular weight excluding hydrogens is 431 g/mol. The van der Waals surface area contributed by atoms with Crippen LogP contribution in [0.2, 0.25) is 0 Å². The van der Waals surface area contributed by atoms with Crippen LogP contribution in [0.5, 0.6) is 0 Å². The van der Waals surface area contributed by atoms with Gasteiger partial charge in [-0.25, -0.2) is 0 Å². The number of halogens is 2. The van der Waals surface area contributed by atoms with E-state index in [0.717, 1.165) is 0 Å². The van der Waals surface area contributed by atoms with Crippen molar-refractivity contribution in [2.24, 2.45) is 43.4 Å². The molecule has 30 heavy (non-hydrogen) atoms. The van der Waals surface area contributed by atoms with Gasteiger partial charge in [0.1, 0.15) is 45.5 Å². The first-order valence-electron chi connectivity index (χ1n) is 8.45. The molecule has 0 saturated carbocycles. The van der Waals surface area contributed by atoms with E-state index in [1.807, 2.05) is 0 Å². The van der Waals surface area contributed by atoms with Crippen LogP contribution in [0.1, 0.15) is 55.4 Å². The molecule has 0 spiro atoms. The number of rotatable bonds is 8. The zero-order chi connectivity index (χ0) is 23.1. The van der Waals surface area contributed by atoms with Crippen molar-refractivity contribution in [3.8, 4) is 0 Å². The first-order chi connectivity index (χ1) is 12.2. The summed E-state index contributed by atoms with van der Waals surface area (Å²) in [6.07, 6.45) is 0. The van der Waals surface area contributed by atoms with Gasteiger partial charge in [-0.2, -0.15) is 20.5 Å². The first-order valence-corrected chi connectivity index (χ1v) is 8.45. The second-order valence-electron chi connectivity index (χ2n) is 8.29. The van der Waals surface area contributed by atoms with Gasteiger partial charge in [-0.1, -0.05) is 0 Å². The highest BCUT2D eigenvalue weighted by atomic mass is 35.5. The lowest BCUT2D eigenvalue weighted by Gasteiger charge is -2.20. The zero-order valence-corrected chi connectivity index (χ0v) is 20.5. The third-order valence-corrected chi connectivity index (χ3v) is 3.74. The molecular formula is C16H38Cl2N12. The Kier molecular flexibility index (Phi) is 14.5. The number of nitrogens with one attached hydrogen (secondary N) is 4. The number of azo groups is 2. The van der Waals surface area contributed by atoms with Gasteiger partial charge in [-0.15, -0.1) is 24.8 Å². The van der Waals surface area contributed by atoms with Gasteiger partial charge in [-0.3, -0.25) is 21.6 Å². The molecule has 176 valence electrons. The quantitative estimate of drug-likeness (QED) is 0.151. The van der Waals surface area contributed by atoms with E-state index in [0.29, 0.717) is 0 Å². The summed E-state index contributed by atoms with van der Waals surface area (Å²) < 4.78 is 0. The van der Waals surface area contributed by atoms with Crippen LogP contribution in [0.3, 0.4) is 0 Å². The third-order valence-electron chi connectivity index (χ3n) is 3.74. The number of nitrogens with two attached hydrogens (primary N) is 4. The van der Waals surface area contributed by atoms with Crippen molar-refractivity contribution in [3.63, 3.8) is 0 Å². The molecule has 0 radical (unpaired) electrons. The van der Waals surface area contributed by atoms with Crippen molar-refractivity contribution in [1.29, 1.82) is 21.6 Å². The van der Waals surface area contributed by atoms with E-state index < -0.39 is 22.2 Å². The standard InChI is InChI=1S/2C8H18N6.2ClH/c2*1-7(2,5(9)10)13-14-8(3,4)6(11)12;;/h2*1-4H3,(H3,9,10)(H3,11,12);2*1H/b2*14-13+;;. The highest BCUT2D eigenvalue weighted by molar-refractivity contribution is 5.88. The van der Waals surface area contributed by atoms with E-state index in [1.54, 1.807) is 55.4 Å². The smallest absolute Gasteiger partial charge is 0.132 e. The molecule has 0 aromatic rings. The number of amidine groups is 4. The fourth-order valence-electron chi connectivity index (χ4n) is 0.715. The van der Waals surface area contributed by atoms with E-state index in [2.05, 4.69) is 20.5 Å². The molecule has 0 aliphatic carbocycles. The van der Waals surface area contributed by atoms with E-state index in [-0.39, 0.29) is 48.2 Å². The predicted molar refractivity (Wildman–Crippen MR) is 128 cm³/mol. The summed E-state index contributed by atoms with van der Waals surface area (Å²) in [7, 11) is 0. The van der Waals surface area contributed by atoms with Crippen molar-refractivity contribution < 1.29 is 0 Å². The van der Waals surface area contributed by atoms with Gasteiger partial charge in [0, 0.05) is 0 Å². The Labute approximate surface area is 191 Å². The molecule has 0 bridgehead atoms. The van der Waals surface area contributed by atoms with Crippen LogP contribution in [0.15, 0.2) is 20.5 Å². The van der Waals surface area contributed by atoms with Gasteiger partial charge in [0.25, 0.3) is 0 Å². The summed E-state index contributed by atoms with van der Waals surface area (Å²) in [6, 6.07) is 0. The summed E-state index contributed by atoms with van der Waals surface area (Å²) in [5.41, 5.74) is 17.9. The molecule has 0 aliphatic rings. The molecule has 0 heterocycles. The number of hydrogen-bond acceptors (Lipinski definition) is 8. The van der Waals surface area contributed by atoms with Crippen molar-refractivity contribution in [1.82, 2.24) is 0 Å². The molecule has 0 fully saturated rings. The fourth-order valence-corrected chi connectivity index (χ4v) is 0.715. The van der Waals surface area contributed by atoms with E-state index in [1.165, 1.54) is 0 Å². The molecule has 0 amide bonds. The first kappa shape index (κ1) is 35.1. The maximum Gasteiger partial charge on any atom is 0.132 e. The summed E-state index contributed by atoms with van der Waals surface area (Å²) in [5.74, 6) is -0.276. The number of hydrogen-bond donors (Lipinski definition) is 8. The predicted octanol–water partition coefficient (Wildman–Crippen LogP) is 2.58. The molecule has 0 aromatic carbocycles. The summed E-state index contributed by atoms with van der Waals surface area (Å²) in [5, 5.41) is 44.6. The van der Waals surface area contributed by atoms with Crippen LogP contribution in [-0.4, -0.2) is 45.5 Å². The topological polar surface area (TPSA) is 249 Å². The molecule has 0 aliphatic heterocycles. The average molecular weight is 469 g/mol. The molecule has 0 aromatic heterocycles. The highest BCUT2D eigenvalue weighted by Crippen LogP contribution is 2.16. The maximum absolute atomic E-state index is 7.25. The molecule has 14 heteroatoms. The van der Waals surface area contributed by atoms with Crippen molar-refractivity contribution in [3.05, 3.63) is 0 Å². The van der Waals surface area contributed by atoms with Crippen molar-refractivity contribution in [2.45, 2.75) is 77.5 Å². The van der Waals surface area contributed by atoms with Gasteiger partial charge < -0.3 is 22.9 Å². The SMILES string of the molecule is CC(C)(/N=N/C(C)(C)C(=N)N)C(=N)N.CC(C)(/N=N/C(C)(C)C(=N)N)C(=N)N.Cl.Cl. The molecule has 12 N–H and O–H groups in total. The Morgan fingerprint density at radius 3 is 0.600 bits per heavy atom. The van der Waals surface area contributed by atoms with Crippen LogP contribution < -0.4 is 22.9 Å².